The predicted octanol–water partition coefficient (Wildman–Crippen LogP) is 0.171. The van der Waals surface area contributed by atoms with Gasteiger partial charge in [-0.1, -0.05) is 11.6 Å². The van der Waals surface area contributed by atoms with E-state index in [4.69, 9.17) is 23.1 Å². The zero-order chi connectivity index (χ0) is 8.72. The van der Waals surface area contributed by atoms with Crippen molar-refractivity contribution in [2.75, 3.05) is 11.5 Å². The number of nitrogens with two attached hydrogens (primary N) is 2. The number of aromatic nitrogens is 4. The van der Waals surface area contributed by atoms with Gasteiger partial charge in [-0.3, -0.25) is 5.10 Å². The van der Waals surface area contributed by atoms with E-state index in [9.17, 15) is 0 Å². The third-order valence-corrected chi connectivity index (χ3v) is 1.69. The van der Waals surface area contributed by atoms with E-state index in [-0.39, 0.29) is 11.8 Å². The van der Waals surface area contributed by atoms with Gasteiger partial charge in [-0.15, -0.1) is 0 Å². The molecule has 0 aliphatic heterocycles. The third-order valence-electron chi connectivity index (χ3n) is 1.41. The SMILES string of the molecule is Nc1nc(N)c2c(Cl)[nH]nc2n1. The highest BCUT2D eigenvalue weighted by Crippen LogP contribution is 2.23. The summed E-state index contributed by atoms with van der Waals surface area (Å²) in [7, 11) is 0. The highest BCUT2D eigenvalue weighted by Gasteiger charge is 2.09. The molecule has 12 heavy (non-hydrogen) atoms. The highest BCUT2D eigenvalue weighted by atomic mass is 35.5. The molecule has 6 nitrogen and oxygen atoms in total. The van der Waals surface area contributed by atoms with Crippen LogP contribution in [0.1, 0.15) is 0 Å². The maximum absolute atomic E-state index is 5.71. The molecular weight excluding hydrogens is 180 g/mol. The monoisotopic (exact) mass is 184 g/mol. The third kappa shape index (κ3) is 0.850. The summed E-state index contributed by atoms with van der Waals surface area (Å²) >= 11 is 5.71. The first-order chi connectivity index (χ1) is 5.68. The molecule has 2 aromatic heterocycles. The summed E-state index contributed by atoms with van der Waals surface area (Å²) in [5, 5.41) is 7.12. The van der Waals surface area contributed by atoms with Gasteiger partial charge in [0.1, 0.15) is 16.4 Å². The molecule has 0 unspecified atom stereocenters. The van der Waals surface area contributed by atoms with Crippen LogP contribution in [0.4, 0.5) is 11.8 Å². The van der Waals surface area contributed by atoms with Crippen molar-refractivity contribution in [2.24, 2.45) is 0 Å². The summed E-state index contributed by atoms with van der Waals surface area (Å²) in [5.41, 5.74) is 11.2. The van der Waals surface area contributed by atoms with Gasteiger partial charge in [0.05, 0.1) is 0 Å². The second-order valence-electron chi connectivity index (χ2n) is 2.20. The highest BCUT2D eigenvalue weighted by molar-refractivity contribution is 6.34. The molecule has 2 heterocycles. The van der Waals surface area contributed by atoms with Crippen LogP contribution in [-0.2, 0) is 0 Å². The Morgan fingerprint density at radius 3 is 2.75 bits per heavy atom. The van der Waals surface area contributed by atoms with Crippen LogP contribution < -0.4 is 11.5 Å². The van der Waals surface area contributed by atoms with E-state index < -0.39 is 0 Å². The standard InChI is InChI=1S/C5H5ClN6/c6-2-1-3(7)9-5(8)10-4(1)12-11-2/h(H5,7,8,9,10,11,12). The normalized spacial score (nSPS) is 10.8. The van der Waals surface area contributed by atoms with Crippen molar-refractivity contribution in [1.29, 1.82) is 0 Å². The molecule has 2 aromatic rings. The smallest absolute Gasteiger partial charge is 0.224 e. The Balaban J connectivity index is 2.93. The van der Waals surface area contributed by atoms with Crippen molar-refractivity contribution in [2.45, 2.75) is 0 Å². The second kappa shape index (κ2) is 2.21. The van der Waals surface area contributed by atoms with E-state index in [0.29, 0.717) is 16.2 Å². The fourth-order valence-corrected chi connectivity index (χ4v) is 1.16. The first-order valence-electron chi connectivity index (χ1n) is 3.11. The number of nitrogens with one attached hydrogen (secondary N) is 1. The molecular formula is C5H5ClN6. The van der Waals surface area contributed by atoms with E-state index in [1.165, 1.54) is 0 Å². The van der Waals surface area contributed by atoms with Crippen LogP contribution in [0.2, 0.25) is 5.15 Å². The zero-order valence-corrected chi connectivity index (χ0v) is 6.63. The van der Waals surface area contributed by atoms with E-state index in [2.05, 4.69) is 20.2 Å². The number of aromatic amines is 1. The number of anilines is 2. The molecule has 0 atom stereocenters. The van der Waals surface area contributed by atoms with E-state index in [0.717, 1.165) is 0 Å². The summed E-state index contributed by atoms with van der Waals surface area (Å²) < 4.78 is 0. The molecule has 0 aromatic carbocycles. The van der Waals surface area contributed by atoms with Crippen molar-refractivity contribution in [3.63, 3.8) is 0 Å². The number of fused-ring (bicyclic) bond motifs is 1. The largest absolute Gasteiger partial charge is 0.383 e. The van der Waals surface area contributed by atoms with E-state index >= 15 is 0 Å². The molecule has 0 saturated carbocycles. The van der Waals surface area contributed by atoms with Crippen molar-refractivity contribution in [1.82, 2.24) is 20.2 Å². The van der Waals surface area contributed by atoms with Crippen LogP contribution in [0.15, 0.2) is 0 Å². The minimum Gasteiger partial charge on any atom is -0.383 e. The number of nitrogen functional groups attached to an aromatic ring is 2. The van der Waals surface area contributed by atoms with Gasteiger partial charge in [0.2, 0.25) is 5.95 Å². The molecule has 62 valence electrons. The number of H-pyrrole nitrogens is 1. The quantitative estimate of drug-likeness (QED) is 0.541. The minimum atomic E-state index is 0.0863. The molecule has 0 saturated heterocycles. The Morgan fingerprint density at radius 2 is 2.00 bits per heavy atom. The Labute approximate surface area is 71.9 Å². The fourth-order valence-electron chi connectivity index (χ4n) is 0.933. The molecule has 5 N–H and O–H groups in total. The van der Waals surface area contributed by atoms with Crippen LogP contribution >= 0.6 is 11.6 Å². The number of nitrogens with zero attached hydrogens (tertiary/aromatic N) is 3. The Morgan fingerprint density at radius 1 is 1.25 bits per heavy atom. The molecule has 7 heteroatoms. The maximum atomic E-state index is 5.71. The summed E-state index contributed by atoms with van der Waals surface area (Å²) in [6.07, 6.45) is 0. The topological polar surface area (TPSA) is 106 Å². The lowest BCUT2D eigenvalue weighted by Gasteiger charge is -1.94. The molecule has 2 rings (SSSR count). The van der Waals surface area contributed by atoms with E-state index in [1.807, 2.05) is 0 Å². The van der Waals surface area contributed by atoms with Crippen LogP contribution in [0.25, 0.3) is 11.0 Å². The summed E-state index contributed by atoms with van der Waals surface area (Å²) in [6, 6.07) is 0. The van der Waals surface area contributed by atoms with Crippen molar-refractivity contribution in [3.8, 4) is 0 Å². The fraction of sp³-hybridized carbons (Fsp3) is 0. The first-order valence-corrected chi connectivity index (χ1v) is 3.49. The van der Waals surface area contributed by atoms with Crippen molar-refractivity contribution < 1.29 is 0 Å². The predicted molar refractivity (Wildman–Crippen MR) is 45.5 cm³/mol. The van der Waals surface area contributed by atoms with Crippen LogP contribution in [0.5, 0.6) is 0 Å². The summed E-state index contributed by atoms with van der Waals surface area (Å²) in [6.45, 7) is 0. The Bertz CT molecular complexity index is 435. The lowest BCUT2D eigenvalue weighted by atomic mass is 10.4. The maximum Gasteiger partial charge on any atom is 0.224 e. The molecule has 0 fully saturated rings. The van der Waals surface area contributed by atoms with Gasteiger partial charge in [0, 0.05) is 0 Å². The van der Waals surface area contributed by atoms with Gasteiger partial charge in [0.25, 0.3) is 0 Å². The lowest BCUT2D eigenvalue weighted by molar-refractivity contribution is 1.09. The first kappa shape index (κ1) is 7.11. The lowest BCUT2D eigenvalue weighted by Crippen LogP contribution is -1.99. The molecule has 0 bridgehead atoms. The number of halogens is 1. The molecule has 0 radical (unpaired) electrons. The van der Waals surface area contributed by atoms with Crippen LogP contribution in [0.3, 0.4) is 0 Å². The van der Waals surface area contributed by atoms with Gasteiger partial charge < -0.3 is 11.5 Å². The number of hydrogen-bond acceptors (Lipinski definition) is 5. The van der Waals surface area contributed by atoms with Gasteiger partial charge in [0.15, 0.2) is 5.65 Å². The number of rotatable bonds is 0. The molecule has 0 spiro atoms. The van der Waals surface area contributed by atoms with Gasteiger partial charge in [-0.2, -0.15) is 15.1 Å². The minimum absolute atomic E-state index is 0.0863. The Kier molecular flexibility index (Phi) is 1.31. The second-order valence-corrected chi connectivity index (χ2v) is 2.58. The van der Waals surface area contributed by atoms with Gasteiger partial charge in [-0.05, 0) is 0 Å². The zero-order valence-electron chi connectivity index (χ0n) is 5.87. The van der Waals surface area contributed by atoms with Crippen molar-refractivity contribution in [3.05, 3.63) is 5.15 Å². The van der Waals surface area contributed by atoms with E-state index in [1.54, 1.807) is 0 Å². The average Bonchev–Trinajstić information content (AvgIpc) is 2.31. The van der Waals surface area contributed by atoms with Gasteiger partial charge in [-0.25, -0.2) is 0 Å². The summed E-state index contributed by atoms with van der Waals surface area (Å²) in [5.74, 6) is 0.319. The molecule has 0 amide bonds. The van der Waals surface area contributed by atoms with Crippen LogP contribution in [0, 0.1) is 0 Å². The average molecular weight is 185 g/mol. The van der Waals surface area contributed by atoms with Crippen molar-refractivity contribution >= 4 is 34.4 Å². The van der Waals surface area contributed by atoms with Crippen LogP contribution in [-0.4, -0.2) is 20.2 Å². The molecule has 0 aliphatic rings. The van der Waals surface area contributed by atoms with Gasteiger partial charge >= 0.3 is 0 Å². The number of hydrogen-bond donors (Lipinski definition) is 3. The molecule has 0 aliphatic carbocycles. The Hall–Kier alpha value is -1.56. The summed E-state index contributed by atoms with van der Waals surface area (Å²) in [4.78, 5) is 7.55.